The smallest absolute Gasteiger partial charge is 0.190 e. The lowest BCUT2D eigenvalue weighted by atomic mass is 10.1. The van der Waals surface area contributed by atoms with Crippen molar-refractivity contribution >= 4 is 21.8 Å². The molecule has 1 heterocycles. The van der Waals surface area contributed by atoms with Crippen LogP contribution in [0.15, 0.2) is 41.2 Å². The first-order valence-corrected chi connectivity index (χ1v) is 8.17. The molecule has 4 rings (SSSR count). The summed E-state index contributed by atoms with van der Waals surface area (Å²) in [6, 6.07) is 9.86. The van der Waals surface area contributed by atoms with Gasteiger partial charge in [0.1, 0.15) is 17.0 Å². The number of rotatable bonds is 4. The minimum Gasteiger partial charge on any atom is -0.505 e. The van der Waals surface area contributed by atoms with Crippen molar-refractivity contribution in [3.8, 4) is 23.0 Å². The quantitative estimate of drug-likeness (QED) is 0.478. The van der Waals surface area contributed by atoms with Crippen LogP contribution in [0.4, 0.5) is 0 Å². The van der Waals surface area contributed by atoms with Gasteiger partial charge in [-0.25, -0.2) is 5.21 Å². The zero-order valence-corrected chi connectivity index (χ0v) is 14.7. The molecule has 4 aromatic rings. The van der Waals surface area contributed by atoms with Gasteiger partial charge in [-0.3, -0.25) is 9.48 Å². The zero-order chi connectivity index (χ0) is 19.1. The molecule has 0 unspecified atom stereocenters. The van der Waals surface area contributed by atoms with E-state index in [1.54, 1.807) is 31.0 Å². The summed E-state index contributed by atoms with van der Waals surface area (Å²) in [6.45, 7) is 0.305. The first-order chi connectivity index (χ1) is 13.0. The lowest BCUT2D eigenvalue weighted by Crippen LogP contribution is -2.04. The van der Waals surface area contributed by atoms with Crippen molar-refractivity contribution in [1.82, 2.24) is 15.0 Å². The molecule has 0 radical (unpaired) electrons. The maximum atomic E-state index is 12.1. The molecular formula is C19H17N3O5. The number of fused-ring (bicyclic) bond motifs is 2. The summed E-state index contributed by atoms with van der Waals surface area (Å²) in [5.74, 6) is 0.866. The molecule has 0 amide bonds. The first-order valence-electron chi connectivity index (χ1n) is 8.17. The molecule has 3 aromatic carbocycles. The Kier molecular flexibility index (Phi) is 3.88. The van der Waals surface area contributed by atoms with Gasteiger partial charge in [0.15, 0.2) is 22.4 Å². The lowest BCUT2D eigenvalue weighted by molar-refractivity contribution is 0.393. The van der Waals surface area contributed by atoms with Crippen molar-refractivity contribution in [3.63, 3.8) is 0 Å². The fraction of sp³-hybridized carbons (Fsp3) is 0.158. The third-order valence-electron chi connectivity index (χ3n) is 4.50. The van der Waals surface area contributed by atoms with Crippen LogP contribution in [0.1, 0.15) is 5.56 Å². The minimum atomic E-state index is -0.380. The molecule has 0 aliphatic heterocycles. The molecular weight excluding hydrogens is 350 g/mol. The highest BCUT2D eigenvalue weighted by atomic mass is 16.5. The predicted octanol–water partition coefficient (Wildman–Crippen LogP) is 2.35. The molecule has 0 fully saturated rings. The van der Waals surface area contributed by atoms with Crippen molar-refractivity contribution in [2.75, 3.05) is 14.2 Å². The molecule has 0 spiro atoms. The number of methoxy groups -OCH3 is 2. The van der Waals surface area contributed by atoms with E-state index in [1.807, 2.05) is 12.1 Å². The highest BCUT2D eigenvalue weighted by Gasteiger charge is 2.20. The Balaban J connectivity index is 1.92. The van der Waals surface area contributed by atoms with Crippen LogP contribution < -0.4 is 14.9 Å². The molecule has 3 N–H and O–H groups in total. The second kappa shape index (κ2) is 6.24. The maximum absolute atomic E-state index is 12.1. The lowest BCUT2D eigenvalue weighted by Gasteiger charge is -2.11. The van der Waals surface area contributed by atoms with Gasteiger partial charge >= 0.3 is 0 Å². The highest BCUT2D eigenvalue weighted by Crippen LogP contribution is 2.38. The van der Waals surface area contributed by atoms with E-state index in [0.717, 1.165) is 5.56 Å². The van der Waals surface area contributed by atoms with Crippen LogP contribution >= 0.6 is 0 Å². The van der Waals surface area contributed by atoms with Crippen molar-refractivity contribution in [1.29, 1.82) is 0 Å². The number of H-pyrrole nitrogens is 1. The number of hydrogen-bond donors (Lipinski definition) is 3. The van der Waals surface area contributed by atoms with E-state index in [-0.39, 0.29) is 33.2 Å². The summed E-state index contributed by atoms with van der Waals surface area (Å²) in [4.78, 5) is 12.1. The van der Waals surface area contributed by atoms with Crippen LogP contribution in [0.5, 0.6) is 23.0 Å². The number of aromatic amines is 1. The van der Waals surface area contributed by atoms with E-state index in [9.17, 15) is 15.0 Å². The summed E-state index contributed by atoms with van der Waals surface area (Å²) >= 11 is 0. The normalized spacial score (nSPS) is 11.2. The summed E-state index contributed by atoms with van der Waals surface area (Å²) in [6.07, 6.45) is 0. The van der Waals surface area contributed by atoms with E-state index in [0.29, 0.717) is 23.6 Å². The molecule has 8 nitrogen and oxygen atoms in total. The van der Waals surface area contributed by atoms with E-state index in [4.69, 9.17) is 9.47 Å². The number of aromatic nitrogens is 3. The van der Waals surface area contributed by atoms with Crippen LogP contribution in [0.3, 0.4) is 0 Å². The highest BCUT2D eigenvalue weighted by molar-refractivity contribution is 6.07. The second-order valence-electron chi connectivity index (χ2n) is 6.09. The van der Waals surface area contributed by atoms with Crippen molar-refractivity contribution in [3.05, 3.63) is 52.2 Å². The molecule has 27 heavy (non-hydrogen) atoms. The molecule has 0 aliphatic carbocycles. The summed E-state index contributed by atoms with van der Waals surface area (Å²) in [5, 5.41) is 28.4. The number of phenols is 2. The van der Waals surface area contributed by atoms with Gasteiger partial charge in [-0.05, 0) is 23.8 Å². The Labute approximate surface area is 153 Å². The second-order valence-corrected chi connectivity index (χ2v) is 6.09. The third-order valence-corrected chi connectivity index (χ3v) is 4.50. The van der Waals surface area contributed by atoms with Gasteiger partial charge in [-0.1, -0.05) is 12.1 Å². The fourth-order valence-electron chi connectivity index (χ4n) is 3.22. The monoisotopic (exact) mass is 367 g/mol. The third kappa shape index (κ3) is 2.62. The number of nitrogens with zero attached hydrogens (tertiary/aromatic N) is 2. The number of ether oxygens (including phenoxy) is 2. The Morgan fingerprint density at radius 1 is 1.07 bits per heavy atom. The predicted molar refractivity (Wildman–Crippen MR) is 99.8 cm³/mol. The van der Waals surface area contributed by atoms with Gasteiger partial charge in [0.25, 0.3) is 0 Å². The van der Waals surface area contributed by atoms with Crippen LogP contribution in [0.25, 0.3) is 21.8 Å². The first kappa shape index (κ1) is 16.8. The zero-order valence-electron chi connectivity index (χ0n) is 14.7. The topological polar surface area (TPSA) is 110 Å². The molecule has 0 saturated heterocycles. The number of phenolic OH excluding ortho intramolecular Hbond substituents is 2. The van der Waals surface area contributed by atoms with Crippen molar-refractivity contribution in [2.24, 2.45) is 0 Å². The average molecular weight is 367 g/mol. The Morgan fingerprint density at radius 2 is 1.78 bits per heavy atom. The maximum Gasteiger partial charge on any atom is 0.190 e. The molecule has 8 heteroatoms. The number of nitrogens with one attached hydrogen (secondary N) is 1. The average Bonchev–Trinajstić information content (AvgIpc) is 3.09. The van der Waals surface area contributed by atoms with Gasteiger partial charge in [0.2, 0.25) is 0 Å². The Hall–Kier alpha value is -3.68. The minimum absolute atomic E-state index is 0.0456. The van der Waals surface area contributed by atoms with Crippen LogP contribution in [-0.4, -0.2) is 39.4 Å². The Bertz CT molecular complexity index is 1200. The van der Waals surface area contributed by atoms with Gasteiger partial charge in [0, 0.05) is 11.5 Å². The fourth-order valence-corrected chi connectivity index (χ4v) is 3.22. The molecule has 0 bridgehead atoms. The summed E-state index contributed by atoms with van der Waals surface area (Å²) in [5.41, 5.74) is 0.873. The molecule has 0 saturated carbocycles. The summed E-state index contributed by atoms with van der Waals surface area (Å²) in [7, 11) is 3.13. The van der Waals surface area contributed by atoms with E-state index >= 15 is 0 Å². The number of benzene rings is 3. The Morgan fingerprint density at radius 3 is 2.44 bits per heavy atom. The molecule has 0 atom stereocenters. The van der Waals surface area contributed by atoms with Gasteiger partial charge in [-0.2, -0.15) is 5.10 Å². The van der Waals surface area contributed by atoms with Gasteiger partial charge in [-0.15, -0.1) is 0 Å². The van der Waals surface area contributed by atoms with E-state index < -0.39 is 0 Å². The molecule has 0 aliphatic rings. The van der Waals surface area contributed by atoms with Crippen LogP contribution in [-0.2, 0) is 6.54 Å². The van der Waals surface area contributed by atoms with E-state index in [1.165, 1.54) is 12.1 Å². The largest absolute Gasteiger partial charge is 0.505 e. The van der Waals surface area contributed by atoms with Gasteiger partial charge in [0.05, 0.1) is 26.2 Å². The molecule has 138 valence electrons. The van der Waals surface area contributed by atoms with Crippen molar-refractivity contribution in [2.45, 2.75) is 6.54 Å². The van der Waals surface area contributed by atoms with Crippen LogP contribution in [0.2, 0.25) is 0 Å². The SMILES string of the molecule is COc1cc(Cn2[nH]nc3c(O)c4c(=O)cccc4c(O)c32)cc(OC)c1. The number of aromatic hydroxyl groups is 2. The summed E-state index contributed by atoms with van der Waals surface area (Å²) < 4.78 is 12.1. The van der Waals surface area contributed by atoms with Crippen molar-refractivity contribution < 1.29 is 19.7 Å². The standard InChI is InChI=1S/C19H17N3O5/c1-26-11-6-10(7-12(8-11)27-2)9-22-17-16(20-21-22)19(25)15-13(18(17)24)4-3-5-14(15)23/h3-8,21,24-25H,9H2,1-2H3. The number of hydrogen-bond acceptors (Lipinski definition) is 6. The van der Waals surface area contributed by atoms with Crippen LogP contribution in [0, 0.1) is 0 Å². The van der Waals surface area contributed by atoms with E-state index in [2.05, 4.69) is 10.3 Å². The van der Waals surface area contributed by atoms with Gasteiger partial charge < -0.3 is 19.7 Å². The molecule has 1 aromatic heterocycles.